The summed E-state index contributed by atoms with van der Waals surface area (Å²) < 4.78 is 18.8. The van der Waals surface area contributed by atoms with Crippen LogP contribution in [0.1, 0.15) is 46.1 Å². The Hall–Kier alpha value is -2.11. The van der Waals surface area contributed by atoms with Crippen molar-refractivity contribution in [2.45, 2.75) is 58.7 Å². The lowest BCUT2D eigenvalue weighted by Crippen LogP contribution is -2.48. The van der Waals surface area contributed by atoms with E-state index in [4.69, 9.17) is 4.74 Å². The maximum atomic E-state index is 13.4. The van der Waals surface area contributed by atoms with E-state index in [1.807, 2.05) is 6.92 Å². The van der Waals surface area contributed by atoms with Crippen molar-refractivity contribution in [3.05, 3.63) is 35.6 Å². The molecule has 0 aromatic heterocycles. The van der Waals surface area contributed by atoms with E-state index >= 15 is 0 Å². The average molecular weight is 350 g/mol. The predicted molar refractivity (Wildman–Crippen MR) is 93.5 cm³/mol. The highest BCUT2D eigenvalue weighted by Gasteiger charge is 2.38. The molecule has 1 atom stereocenters. The number of hydrogen-bond acceptors (Lipinski definition) is 3. The van der Waals surface area contributed by atoms with Crippen molar-refractivity contribution in [1.82, 2.24) is 9.80 Å². The van der Waals surface area contributed by atoms with E-state index in [1.54, 1.807) is 37.8 Å². The van der Waals surface area contributed by atoms with Crippen molar-refractivity contribution in [2.75, 3.05) is 13.1 Å². The van der Waals surface area contributed by atoms with Gasteiger partial charge in [-0.15, -0.1) is 0 Å². The first-order valence-electron chi connectivity index (χ1n) is 8.74. The highest BCUT2D eigenvalue weighted by molar-refractivity contribution is 5.86. The van der Waals surface area contributed by atoms with Crippen LogP contribution >= 0.6 is 0 Å². The van der Waals surface area contributed by atoms with Gasteiger partial charge in [0.15, 0.2) is 0 Å². The molecule has 0 saturated carbocycles. The Balaban J connectivity index is 2.09. The molecule has 25 heavy (non-hydrogen) atoms. The van der Waals surface area contributed by atoms with E-state index in [-0.39, 0.29) is 11.7 Å². The molecule has 0 unspecified atom stereocenters. The zero-order chi connectivity index (χ0) is 18.6. The third-order valence-corrected chi connectivity index (χ3v) is 4.12. The van der Waals surface area contributed by atoms with Crippen LogP contribution in [0, 0.1) is 5.82 Å². The SMILES string of the molecule is CCN(Cc1cccc(F)c1)C(=O)[C@@H]1CCCN1C(=O)OC(C)(C)C. The van der Waals surface area contributed by atoms with Gasteiger partial charge < -0.3 is 9.64 Å². The van der Waals surface area contributed by atoms with Gasteiger partial charge in [0.25, 0.3) is 0 Å². The molecule has 1 aromatic carbocycles. The average Bonchev–Trinajstić information content (AvgIpc) is 3.00. The fraction of sp³-hybridized carbons (Fsp3) is 0.579. The summed E-state index contributed by atoms with van der Waals surface area (Å²) in [6.45, 7) is 8.63. The Morgan fingerprint density at radius 1 is 1.36 bits per heavy atom. The molecule has 0 spiro atoms. The summed E-state index contributed by atoms with van der Waals surface area (Å²) in [5.41, 5.74) is 0.135. The van der Waals surface area contributed by atoms with Crippen LogP contribution in [0.3, 0.4) is 0 Å². The van der Waals surface area contributed by atoms with E-state index in [0.29, 0.717) is 26.1 Å². The van der Waals surface area contributed by atoms with Crippen LogP contribution in [0.25, 0.3) is 0 Å². The number of ether oxygens (including phenoxy) is 1. The number of carbonyl (C=O) groups excluding carboxylic acids is 2. The Labute approximate surface area is 148 Å². The number of halogens is 1. The standard InChI is InChI=1S/C19H27FN2O3/c1-5-21(13-14-8-6-9-15(20)12-14)17(23)16-10-7-11-22(16)18(24)25-19(2,3)4/h6,8-9,12,16H,5,7,10-11,13H2,1-4H3/t16-/m0/s1. The van der Waals surface area contributed by atoms with Crippen molar-refractivity contribution < 1.29 is 18.7 Å². The van der Waals surface area contributed by atoms with Crippen LogP contribution in [0.15, 0.2) is 24.3 Å². The van der Waals surface area contributed by atoms with E-state index < -0.39 is 17.7 Å². The first-order valence-corrected chi connectivity index (χ1v) is 8.74. The zero-order valence-corrected chi connectivity index (χ0v) is 15.4. The third-order valence-electron chi connectivity index (χ3n) is 4.12. The number of nitrogens with zero attached hydrogens (tertiary/aromatic N) is 2. The summed E-state index contributed by atoms with van der Waals surface area (Å²) in [7, 11) is 0. The molecule has 2 amide bonds. The van der Waals surface area contributed by atoms with Crippen LogP contribution in [0.4, 0.5) is 9.18 Å². The highest BCUT2D eigenvalue weighted by atomic mass is 19.1. The normalized spacial score (nSPS) is 17.5. The quantitative estimate of drug-likeness (QED) is 0.834. The van der Waals surface area contributed by atoms with Crippen LogP contribution < -0.4 is 0 Å². The van der Waals surface area contributed by atoms with Crippen LogP contribution in [-0.2, 0) is 16.1 Å². The van der Waals surface area contributed by atoms with Gasteiger partial charge in [0, 0.05) is 19.6 Å². The minimum absolute atomic E-state index is 0.116. The largest absolute Gasteiger partial charge is 0.444 e. The number of benzene rings is 1. The van der Waals surface area contributed by atoms with Crippen molar-refractivity contribution in [2.24, 2.45) is 0 Å². The van der Waals surface area contributed by atoms with Gasteiger partial charge in [0.05, 0.1) is 0 Å². The number of amides is 2. The van der Waals surface area contributed by atoms with Gasteiger partial charge in [-0.2, -0.15) is 0 Å². The number of hydrogen-bond donors (Lipinski definition) is 0. The topological polar surface area (TPSA) is 49.9 Å². The fourth-order valence-corrected chi connectivity index (χ4v) is 2.97. The maximum Gasteiger partial charge on any atom is 0.410 e. The second kappa shape index (κ2) is 7.85. The van der Waals surface area contributed by atoms with Gasteiger partial charge in [-0.05, 0) is 58.2 Å². The van der Waals surface area contributed by atoms with Crippen LogP contribution in [-0.4, -0.2) is 46.5 Å². The molecular weight excluding hydrogens is 323 g/mol. The molecule has 1 fully saturated rings. The minimum Gasteiger partial charge on any atom is -0.444 e. The minimum atomic E-state index is -0.598. The van der Waals surface area contributed by atoms with Crippen LogP contribution in [0.2, 0.25) is 0 Å². The van der Waals surface area contributed by atoms with E-state index in [2.05, 4.69) is 0 Å². The van der Waals surface area contributed by atoms with Gasteiger partial charge >= 0.3 is 6.09 Å². The monoisotopic (exact) mass is 350 g/mol. The molecule has 0 aliphatic carbocycles. The predicted octanol–water partition coefficient (Wildman–Crippen LogP) is 3.57. The second-order valence-electron chi connectivity index (χ2n) is 7.31. The number of likely N-dealkylation sites (tertiary alicyclic amines) is 1. The molecule has 1 heterocycles. The lowest BCUT2D eigenvalue weighted by Gasteiger charge is -2.31. The maximum absolute atomic E-state index is 13.4. The lowest BCUT2D eigenvalue weighted by atomic mass is 10.1. The Kier molecular flexibility index (Phi) is 6.03. The smallest absolute Gasteiger partial charge is 0.410 e. The molecule has 6 heteroatoms. The van der Waals surface area contributed by atoms with Crippen molar-refractivity contribution in [3.63, 3.8) is 0 Å². The molecule has 1 aromatic rings. The first kappa shape index (κ1) is 19.2. The fourth-order valence-electron chi connectivity index (χ4n) is 2.97. The Bertz CT molecular complexity index is 627. The number of rotatable bonds is 4. The van der Waals surface area contributed by atoms with Gasteiger partial charge in [-0.25, -0.2) is 9.18 Å². The molecule has 5 nitrogen and oxygen atoms in total. The molecule has 1 aliphatic rings. The third kappa shape index (κ3) is 5.18. The summed E-state index contributed by atoms with van der Waals surface area (Å²) >= 11 is 0. The van der Waals surface area contributed by atoms with Crippen molar-refractivity contribution in [1.29, 1.82) is 0 Å². The molecule has 1 saturated heterocycles. The lowest BCUT2D eigenvalue weighted by molar-refractivity contribution is -0.136. The molecule has 0 bridgehead atoms. The van der Waals surface area contributed by atoms with E-state index in [9.17, 15) is 14.0 Å². The number of likely N-dealkylation sites (N-methyl/N-ethyl adjacent to an activating group) is 1. The number of carbonyl (C=O) groups is 2. The summed E-state index contributed by atoms with van der Waals surface area (Å²) in [5, 5.41) is 0. The molecule has 0 radical (unpaired) electrons. The summed E-state index contributed by atoms with van der Waals surface area (Å²) in [6.07, 6.45) is 0.940. The first-order chi connectivity index (χ1) is 11.7. The summed E-state index contributed by atoms with van der Waals surface area (Å²) in [6, 6.07) is 5.72. The Morgan fingerprint density at radius 3 is 2.68 bits per heavy atom. The molecule has 0 N–H and O–H groups in total. The van der Waals surface area contributed by atoms with Gasteiger partial charge in [-0.1, -0.05) is 12.1 Å². The second-order valence-corrected chi connectivity index (χ2v) is 7.31. The summed E-state index contributed by atoms with van der Waals surface area (Å²) in [5.74, 6) is -0.438. The highest BCUT2D eigenvalue weighted by Crippen LogP contribution is 2.23. The molecule has 138 valence electrons. The molecular formula is C19H27FN2O3. The van der Waals surface area contributed by atoms with Gasteiger partial charge in [0.2, 0.25) is 5.91 Å². The van der Waals surface area contributed by atoms with Gasteiger partial charge in [0.1, 0.15) is 17.5 Å². The van der Waals surface area contributed by atoms with E-state index in [0.717, 1.165) is 12.0 Å². The Morgan fingerprint density at radius 2 is 2.08 bits per heavy atom. The van der Waals surface area contributed by atoms with Gasteiger partial charge in [-0.3, -0.25) is 9.69 Å². The molecule has 1 aliphatic heterocycles. The zero-order valence-electron chi connectivity index (χ0n) is 15.4. The van der Waals surface area contributed by atoms with Crippen LogP contribution in [0.5, 0.6) is 0 Å². The summed E-state index contributed by atoms with van der Waals surface area (Å²) in [4.78, 5) is 28.5. The molecule has 2 rings (SSSR count). The van der Waals surface area contributed by atoms with Crippen molar-refractivity contribution >= 4 is 12.0 Å². The van der Waals surface area contributed by atoms with Crippen molar-refractivity contribution in [3.8, 4) is 0 Å². The van der Waals surface area contributed by atoms with E-state index in [1.165, 1.54) is 17.0 Å².